The van der Waals surface area contributed by atoms with Crippen molar-refractivity contribution in [3.05, 3.63) is 29.6 Å². The van der Waals surface area contributed by atoms with Crippen LogP contribution in [0.4, 0.5) is 4.39 Å². The fourth-order valence-corrected chi connectivity index (χ4v) is 2.61. The van der Waals surface area contributed by atoms with Gasteiger partial charge in [0.2, 0.25) is 0 Å². The number of methoxy groups -OCH3 is 1. The van der Waals surface area contributed by atoms with E-state index in [0.29, 0.717) is 18.4 Å². The summed E-state index contributed by atoms with van der Waals surface area (Å²) < 4.78 is 18.2. The number of benzene rings is 1. The molecule has 0 heterocycles. The molecule has 5 nitrogen and oxygen atoms in total. The minimum Gasteiger partial charge on any atom is -0.494 e. The van der Waals surface area contributed by atoms with Gasteiger partial charge in [0.15, 0.2) is 11.6 Å². The monoisotopic (exact) mass is 295 g/mol. The minimum atomic E-state index is -0.822. The lowest BCUT2D eigenvalue weighted by Gasteiger charge is -2.27. The molecule has 1 amide bonds. The molecule has 0 aliphatic heterocycles. The van der Waals surface area contributed by atoms with Crippen molar-refractivity contribution < 1.29 is 23.8 Å². The number of aliphatic carboxylic acids is 1. The van der Waals surface area contributed by atoms with Gasteiger partial charge in [-0.05, 0) is 37.5 Å². The van der Waals surface area contributed by atoms with E-state index < -0.39 is 17.7 Å². The average molecular weight is 295 g/mol. The lowest BCUT2D eigenvalue weighted by atomic mass is 9.85. The molecule has 1 aromatic carbocycles. The second-order valence-corrected chi connectivity index (χ2v) is 5.22. The number of nitrogens with one attached hydrogen (secondary N) is 1. The molecule has 2 rings (SSSR count). The number of hydrogen-bond acceptors (Lipinski definition) is 3. The maximum Gasteiger partial charge on any atom is 0.306 e. The van der Waals surface area contributed by atoms with E-state index in [-0.39, 0.29) is 17.7 Å². The smallest absolute Gasteiger partial charge is 0.306 e. The number of ether oxygens (including phenoxy) is 1. The van der Waals surface area contributed by atoms with E-state index in [1.165, 1.54) is 25.3 Å². The zero-order chi connectivity index (χ0) is 15.4. The number of carboxylic acids is 1. The van der Waals surface area contributed by atoms with E-state index in [0.717, 1.165) is 12.8 Å². The SMILES string of the molecule is COc1cc(C(=O)NC2CCCC(C(=O)O)C2)ccc1F. The van der Waals surface area contributed by atoms with Gasteiger partial charge in [-0.25, -0.2) is 4.39 Å². The molecule has 1 aliphatic carbocycles. The topological polar surface area (TPSA) is 75.6 Å². The number of amides is 1. The first-order valence-electron chi connectivity index (χ1n) is 6.88. The van der Waals surface area contributed by atoms with E-state index in [4.69, 9.17) is 9.84 Å². The lowest BCUT2D eigenvalue weighted by Crippen LogP contribution is -2.39. The molecule has 0 saturated heterocycles. The van der Waals surface area contributed by atoms with E-state index in [9.17, 15) is 14.0 Å². The Balaban J connectivity index is 2.02. The molecule has 21 heavy (non-hydrogen) atoms. The van der Waals surface area contributed by atoms with Gasteiger partial charge in [0.1, 0.15) is 0 Å². The number of carbonyl (C=O) groups excluding carboxylic acids is 1. The Kier molecular flexibility index (Phi) is 4.77. The Labute approximate surface area is 122 Å². The minimum absolute atomic E-state index is 0.00899. The predicted octanol–water partition coefficient (Wildman–Crippen LogP) is 2.21. The van der Waals surface area contributed by atoms with E-state index in [2.05, 4.69) is 5.32 Å². The maximum atomic E-state index is 13.3. The highest BCUT2D eigenvalue weighted by Gasteiger charge is 2.28. The Morgan fingerprint density at radius 1 is 1.38 bits per heavy atom. The lowest BCUT2D eigenvalue weighted by molar-refractivity contribution is -0.143. The highest BCUT2D eigenvalue weighted by Crippen LogP contribution is 2.25. The van der Waals surface area contributed by atoms with Crippen molar-refractivity contribution in [1.29, 1.82) is 0 Å². The number of carboxylic acid groups (broad SMARTS) is 1. The van der Waals surface area contributed by atoms with Gasteiger partial charge in [0.25, 0.3) is 5.91 Å². The van der Waals surface area contributed by atoms with Gasteiger partial charge in [-0.3, -0.25) is 9.59 Å². The second kappa shape index (κ2) is 6.56. The summed E-state index contributed by atoms with van der Waals surface area (Å²) in [4.78, 5) is 23.1. The van der Waals surface area contributed by atoms with Crippen LogP contribution in [0.2, 0.25) is 0 Å². The molecule has 2 atom stereocenters. The van der Waals surface area contributed by atoms with Gasteiger partial charge < -0.3 is 15.2 Å². The summed E-state index contributed by atoms with van der Waals surface area (Å²) in [5.41, 5.74) is 0.297. The van der Waals surface area contributed by atoms with E-state index >= 15 is 0 Å². The van der Waals surface area contributed by atoms with Crippen molar-refractivity contribution in [3.8, 4) is 5.75 Å². The van der Waals surface area contributed by atoms with Crippen molar-refractivity contribution in [2.75, 3.05) is 7.11 Å². The molecule has 114 valence electrons. The number of halogens is 1. The standard InChI is InChI=1S/C15H18FNO4/c1-21-13-8-9(5-6-12(13)16)14(18)17-11-4-2-3-10(7-11)15(19)20/h5-6,8,10-11H,2-4,7H2,1H3,(H,17,18)(H,19,20). The summed E-state index contributed by atoms with van der Waals surface area (Å²) in [5, 5.41) is 11.8. The highest BCUT2D eigenvalue weighted by molar-refractivity contribution is 5.94. The van der Waals surface area contributed by atoms with Crippen molar-refractivity contribution in [2.45, 2.75) is 31.7 Å². The Hall–Kier alpha value is -2.11. The van der Waals surface area contributed by atoms with Gasteiger partial charge in [-0.1, -0.05) is 6.42 Å². The maximum absolute atomic E-state index is 13.3. The van der Waals surface area contributed by atoms with Crippen LogP contribution in [0.1, 0.15) is 36.0 Å². The van der Waals surface area contributed by atoms with Crippen LogP contribution in [0, 0.1) is 11.7 Å². The third kappa shape index (κ3) is 3.71. The molecule has 1 fully saturated rings. The van der Waals surface area contributed by atoms with Gasteiger partial charge in [0, 0.05) is 11.6 Å². The van der Waals surface area contributed by atoms with Crippen LogP contribution in [0.3, 0.4) is 0 Å². The molecule has 2 N–H and O–H groups in total. The molecule has 2 unspecified atom stereocenters. The van der Waals surface area contributed by atoms with Gasteiger partial charge in [-0.2, -0.15) is 0 Å². The fourth-order valence-electron chi connectivity index (χ4n) is 2.61. The van der Waals surface area contributed by atoms with Crippen LogP contribution in [-0.2, 0) is 4.79 Å². The summed E-state index contributed by atoms with van der Waals surface area (Å²) >= 11 is 0. The molecule has 1 aliphatic rings. The quantitative estimate of drug-likeness (QED) is 0.893. The van der Waals surface area contributed by atoms with Crippen LogP contribution < -0.4 is 10.1 Å². The first kappa shape index (κ1) is 15.3. The van der Waals surface area contributed by atoms with Crippen molar-refractivity contribution in [1.82, 2.24) is 5.32 Å². The first-order chi connectivity index (χ1) is 10.0. The third-order valence-corrected chi connectivity index (χ3v) is 3.77. The molecule has 0 bridgehead atoms. The summed E-state index contributed by atoms with van der Waals surface area (Å²) in [7, 11) is 1.33. The zero-order valence-corrected chi connectivity index (χ0v) is 11.8. The van der Waals surface area contributed by atoms with Crippen LogP contribution in [0.15, 0.2) is 18.2 Å². The van der Waals surface area contributed by atoms with Gasteiger partial charge >= 0.3 is 5.97 Å². The first-order valence-corrected chi connectivity index (χ1v) is 6.88. The van der Waals surface area contributed by atoms with E-state index in [1.54, 1.807) is 0 Å². The van der Waals surface area contributed by atoms with Crippen LogP contribution >= 0.6 is 0 Å². The van der Waals surface area contributed by atoms with Crippen molar-refractivity contribution in [2.24, 2.45) is 5.92 Å². The molecule has 0 radical (unpaired) electrons. The molecular weight excluding hydrogens is 277 g/mol. The number of hydrogen-bond donors (Lipinski definition) is 2. The Bertz CT molecular complexity index is 546. The predicted molar refractivity (Wildman–Crippen MR) is 73.8 cm³/mol. The van der Waals surface area contributed by atoms with Crippen LogP contribution in [0.5, 0.6) is 5.75 Å². The number of carbonyl (C=O) groups is 2. The Morgan fingerprint density at radius 2 is 2.14 bits per heavy atom. The highest BCUT2D eigenvalue weighted by atomic mass is 19.1. The normalized spacial score (nSPS) is 21.6. The Morgan fingerprint density at radius 3 is 2.81 bits per heavy atom. The molecule has 6 heteroatoms. The second-order valence-electron chi connectivity index (χ2n) is 5.22. The summed E-state index contributed by atoms with van der Waals surface area (Å²) in [6.07, 6.45) is 2.61. The number of rotatable bonds is 4. The summed E-state index contributed by atoms with van der Waals surface area (Å²) in [6.45, 7) is 0. The molecule has 1 aromatic rings. The van der Waals surface area contributed by atoms with Gasteiger partial charge in [-0.15, -0.1) is 0 Å². The van der Waals surface area contributed by atoms with Crippen molar-refractivity contribution >= 4 is 11.9 Å². The van der Waals surface area contributed by atoms with Crippen LogP contribution in [0.25, 0.3) is 0 Å². The largest absolute Gasteiger partial charge is 0.494 e. The van der Waals surface area contributed by atoms with Crippen LogP contribution in [-0.4, -0.2) is 30.1 Å². The van der Waals surface area contributed by atoms with Crippen molar-refractivity contribution in [3.63, 3.8) is 0 Å². The average Bonchev–Trinajstić information content (AvgIpc) is 2.47. The van der Waals surface area contributed by atoms with Gasteiger partial charge in [0.05, 0.1) is 13.0 Å². The summed E-state index contributed by atoms with van der Waals surface area (Å²) in [5.74, 6) is -2.10. The molecule has 0 aromatic heterocycles. The zero-order valence-electron chi connectivity index (χ0n) is 11.8. The fraction of sp³-hybridized carbons (Fsp3) is 0.467. The molecule has 1 saturated carbocycles. The third-order valence-electron chi connectivity index (χ3n) is 3.77. The molecule has 0 spiro atoms. The molecular formula is C15H18FNO4. The summed E-state index contributed by atoms with van der Waals surface area (Å²) in [6, 6.07) is 3.73. The van der Waals surface area contributed by atoms with E-state index in [1.807, 2.05) is 0 Å².